The van der Waals surface area contributed by atoms with Gasteiger partial charge in [-0.2, -0.15) is 0 Å². The van der Waals surface area contributed by atoms with Gasteiger partial charge in [-0.25, -0.2) is 0 Å². The van der Waals surface area contributed by atoms with Crippen molar-refractivity contribution >= 4 is 11.5 Å². The Morgan fingerprint density at radius 3 is 2.70 bits per heavy atom. The summed E-state index contributed by atoms with van der Waals surface area (Å²) in [5.74, 6) is 0.744. The summed E-state index contributed by atoms with van der Waals surface area (Å²) in [6.45, 7) is 3.04. The van der Waals surface area contributed by atoms with Crippen molar-refractivity contribution in [3.63, 3.8) is 0 Å². The Hall–Kier alpha value is -1.85. The smallest absolute Gasteiger partial charge is 0.247 e. The number of nitrogens with zero attached hydrogens (tertiary/aromatic N) is 1. The minimum atomic E-state index is -0.0185. The monoisotopic (exact) mass is 319 g/mol. The Morgan fingerprint density at radius 2 is 2.04 bits per heavy atom. The Kier molecular flexibility index (Phi) is 6.19. The second-order valence-corrected chi connectivity index (χ2v) is 5.72. The first-order valence-corrected chi connectivity index (χ1v) is 7.74. The molecule has 1 fully saturated rings. The minimum absolute atomic E-state index is 0.0185. The molecule has 0 aromatic heterocycles. The first kappa shape index (κ1) is 17.5. The van der Waals surface area contributed by atoms with E-state index in [2.05, 4.69) is 0 Å². The van der Waals surface area contributed by atoms with Gasteiger partial charge >= 0.3 is 0 Å². The molecule has 0 saturated carbocycles. The van der Waals surface area contributed by atoms with Gasteiger partial charge in [0, 0.05) is 32.4 Å². The van der Waals surface area contributed by atoms with E-state index in [-0.39, 0.29) is 18.1 Å². The van der Waals surface area contributed by atoms with E-state index in [1.54, 1.807) is 27.4 Å². The standard InChI is InChI=1S/C18H25NO4/c1-13(16-7-5-6-8-17(16)23-4)9-18(20)19-11-15(22-3)10-14(19)12-21-2/h5-9,14-15H,10-12H2,1-4H3/b13-9+/t14-,15-/m0/s1. The fraction of sp³-hybridized carbons (Fsp3) is 0.500. The summed E-state index contributed by atoms with van der Waals surface area (Å²) in [7, 11) is 4.96. The summed E-state index contributed by atoms with van der Waals surface area (Å²) in [5, 5.41) is 0. The van der Waals surface area contributed by atoms with Gasteiger partial charge in [0.25, 0.3) is 0 Å². The molecule has 1 aliphatic heterocycles. The summed E-state index contributed by atoms with van der Waals surface area (Å²) in [6.07, 6.45) is 2.54. The van der Waals surface area contributed by atoms with Gasteiger partial charge in [0.2, 0.25) is 5.91 Å². The molecule has 0 unspecified atom stereocenters. The molecule has 1 aromatic carbocycles. The highest BCUT2D eigenvalue weighted by atomic mass is 16.5. The zero-order valence-electron chi connectivity index (χ0n) is 14.2. The zero-order valence-corrected chi connectivity index (χ0v) is 14.2. The number of para-hydroxylation sites is 1. The van der Waals surface area contributed by atoms with Crippen molar-refractivity contribution in [3.05, 3.63) is 35.9 Å². The summed E-state index contributed by atoms with van der Waals surface area (Å²) < 4.78 is 16.0. The third-order valence-corrected chi connectivity index (χ3v) is 4.22. The number of amides is 1. The molecule has 1 amide bonds. The van der Waals surface area contributed by atoms with Crippen LogP contribution in [0.1, 0.15) is 18.9 Å². The quantitative estimate of drug-likeness (QED) is 0.755. The van der Waals surface area contributed by atoms with Gasteiger partial charge in [-0.3, -0.25) is 4.79 Å². The van der Waals surface area contributed by atoms with Crippen LogP contribution in [0.25, 0.3) is 5.57 Å². The highest BCUT2D eigenvalue weighted by molar-refractivity contribution is 5.95. The predicted molar refractivity (Wildman–Crippen MR) is 89.4 cm³/mol. The average Bonchev–Trinajstić information content (AvgIpc) is 2.98. The largest absolute Gasteiger partial charge is 0.496 e. The zero-order chi connectivity index (χ0) is 16.8. The van der Waals surface area contributed by atoms with Gasteiger partial charge in [0.1, 0.15) is 5.75 Å². The molecule has 126 valence electrons. The summed E-state index contributed by atoms with van der Waals surface area (Å²) in [4.78, 5) is 14.5. The second-order valence-electron chi connectivity index (χ2n) is 5.72. The van der Waals surface area contributed by atoms with E-state index < -0.39 is 0 Å². The van der Waals surface area contributed by atoms with Gasteiger partial charge in [0.05, 0.1) is 25.9 Å². The molecule has 1 saturated heterocycles. The fourth-order valence-electron chi connectivity index (χ4n) is 2.98. The first-order valence-electron chi connectivity index (χ1n) is 7.74. The lowest BCUT2D eigenvalue weighted by molar-refractivity contribution is -0.127. The van der Waals surface area contributed by atoms with Crippen LogP contribution in [-0.2, 0) is 14.3 Å². The van der Waals surface area contributed by atoms with Gasteiger partial charge in [-0.15, -0.1) is 0 Å². The summed E-state index contributed by atoms with van der Waals surface area (Å²) in [5.41, 5.74) is 1.80. The molecule has 0 spiro atoms. The van der Waals surface area contributed by atoms with Crippen molar-refractivity contribution in [1.82, 2.24) is 4.90 Å². The Balaban J connectivity index is 2.18. The van der Waals surface area contributed by atoms with Crippen molar-refractivity contribution in [2.45, 2.75) is 25.5 Å². The lowest BCUT2D eigenvalue weighted by atomic mass is 10.1. The van der Waals surface area contributed by atoms with Crippen molar-refractivity contribution in [2.24, 2.45) is 0 Å². The number of rotatable bonds is 6. The first-order chi connectivity index (χ1) is 11.1. The average molecular weight is 319 g/mol. The number of hydrogen-bond donors (Lipinski definition) is 0. The second kappa shape index (κ2) is 8.13. The summed E-state index contributed by atoms with van der Waals surface area (Å²) in [6, 6.07) is 7.74. The number of ether oxygens (including phenoxy) is 3. The van der Waals surface area contributed by atoms with Crippen LogP contribution >= 0.6 is 0 Å². The molecular formula is C18H25NO4. The van der Waals surface area contributed by atoms with E-state index in [0.717, 1.165) is 23.3 Å². The predicted octanol–water partition coefficient (Wildman–Crippen LogP) is 2.36. The maximum absolute atomic E-state index is 12.7. The van der Waals surface area contributed by atoms with Crippen LogP contribution in [0.3, 0.4) is 0 Å². The Bertz CT molecular complexity index is 570. The van der Waals surface area contributed by atoms with Crippen molar-refractivity contribution < 1.29 is 19.0 Å². The molecule has 2 rings (SSSR count). The number of carbonyl (C=O) groups is 1. The van der Waals surface area contributed by atoms with Crippen LogP contribution in [0.2, 0.25) is 0 Å². The molecule has 0 radical (unpaired) electrons. The molecule has 2 atom stereocenters. The maximum Gasteiger partial charge on any atom is 0.247 e. The number of benzene rings is 1. The maximum atomic E-state index is 12.7. The van der Waals surface area contributed by atoms with Crippen molar-refractivity contribution in [3.8, 4) is 5.75 Å². The summed E-state index contributed by atoms with van der Waals surface area (Å²) >= 11 is 0. The number of likely N-dealkylation sites (tertiary alicyclic amines) is 1. The molecule has 1 aliphatic rings. The minimum Gasteiger partial charge on any atom is -0.496 e. The molecule has 0 bridgehead atoms. The molecule has 5 heteroatoms. The van der Waals surface area contributed by atoms with Gasteiger partial charge in [-0.1, -0.05) is 18.2 Å². The number of hydrogen-bond acceptors (Lipinski definition) is 4. The number of carbonyl (C=O) groups excluding carboxylic acids is 1. The van der Waals surface area contributed by atoms with E-state index in [0.29, 0.717) is 13.2 Å². The number of allylic oxidation sites excluding steroid dienone is 1. The highest BCUT2D eigenvalue weighted by Gasteiger charge is 2.34. The SMILES string of the molecule is COC[C@@H]1C[C@H](OC)CN1C(=O)/C=C(\C)c1ccccc1OC. The fourth-order valence-corrected chi connectivity index (χ4v) is 2.98. The van der Waals surface area contributed by atoms with Crippen LogP contribution in [0, 0.1) is 0 Å². The third-order valence-electron chi connectivity index (χ3n) is 4.22. The van der Waals surface area contributed by atoms with Gasteiger partial charge in [-0.05, 0) is 25.0 Å². The molecular weight excluding hydrogens is 294 g/mol. The molecule has 0 N–H and O–H groups in total. The molecule has 0 aliphatic carbocycles. The molecule has 23 heavy (non-hydrogen) atoms. The highest BCUT2D eigenvalue weighted by Crippen LogP contribution is 2.26. The van der Waals surface area contributed by atoms with Crippen LogP contribution in [0.5, 0.6) is 5.75 Å². The lowest BCUT2D eigenvalue weighted by Gasteiger charge is -2.22. The van der Waals surface area contributed by atoms with E-state index in [9.17, 15) is 4.79 Å². The molecule has 1 aromatic rings. The van der Waals surface area contributed by atoms with Crippen LogP contribution in [0.4, 0.5) is 0 Å². The van der Waals surface area contributed by atoms with Crippen molar-refractivity contribution in [2.75, 3.05) is 34.5 Å². The van der Waals surface area contributed by atoms with Gasteiger partial charge < -0.3 is 19.1 Å². The Morgan fingerprint density at radius 1 is 1.30 bits per heavy atom. The van der Waals surface area contributed by atoms with E-state index in [4.69, 9.17) is 14.2 Å². The van der Waals surface area contributed by atoms with E-state index in [1.807, 2.05) is 36.1 Å². The van der Waals surface area contributed by atoms with Crippen molar-refractivity contribution in [1.29, 1.82) is 0 Å². The molecule has 5 nitrogen and oxygen atoms in total. The molecule has 1 heterocycles. The third kappa shape index (κ3) is 4.12. The number of methoxy groups -OCH3 is 3. The van der Waals surface area contributed by atoms with E-state index in [1.165, 1.54) is 0 Å². The Labute approximate surface area is 137 Å². The normalized spacial score (nSPS) is 21.6. The van der Waals surface area contributed by atoms with Crippen LogP contribution < -0.4 is 4.74 Å². The van der Waals surface area contributed by atoms with Gasteiger partial charge in [0.15, 0.2) is 0 Å². The lowest BCUT2D eigenvalue weighted by Crippen LogP contribution is -2.37. The topological polar surface area (TPSA) is 48.0 Å². The van der Waals surface area contributed by atoms with Crippen LogP contribution in [-0.4, -0.2) is 57.4 Å². The van der Waals surface area contributed by atoms with E-state index >= 15 is 0 Å². The van der Waals surface area contributed by atoms with Crippen LogP contribution in [0.15, 0.2) is 30.3 Å².